The zero-order chi connectivity index (χ0) is 13.5. The molecule has 0 unspecified atom stereocenters. The third-order valence-corrected chi connectivity index (χ3v) is 2.39. The molecule has 0 aliphatic rings. The van der Waals surface area contributed by atoms with Crippen molar-refractivity contribution in [1.29, 1.82) is 0 Å². The molecular weight excluding hydrogens is 232 g/mol. The van der Waals surface area contributed by atoms with Crippen LogP contribution in [0.3, 0.4) is 0 Å². The number of esters is 2. The second-order valence-electron chi connectivity index (χ2n) is 4.16. The second-order valence-corrected chi connectivity index (χ2v) is 4.16. The molecule has 0 aliphatic carbocycles. The lowest BCUT2D eigenvalue weighted by Gasteiger charge is -2.21. The first-order chi connectivity index (χ1) is 8.49. The number of carbonyl (C=O) groups excluding carboxylic acids is 2. The molecule has 0 fully saturated rings. The van der Waals surface area contributed by atoms with E-state index >= 15 is 0 Å². The largest absolute Gasteiger partial charge is 0.463 e. The third kappa shape index (κ3) is 4.99. The number of benzene rings is 1. The van der Waals surface area contributed by atoms with Crippen LogP contribution in [0.4, 0.5) is 0 Å². The lowest BCUT2D eigenvalue weighted by molar-refractivity contribution is -0.152. The highest BCUT2D eigenvalue weighted by atomic mass is 16.6. The van der Waals surface area contributed by atoms with Gasteiger partial charge in [-0.15, -0.1) is 0 Å². The average molecular weight is 250 g/mol. The van der Waals surface area contributed by atoms with E-state index in [1.807, 2.05) is 30.3 Å². The summed E-state index contributed by atoms with van der Waals surface area (Å²) in [6.45, 7) is 4.51. The van der Waals surface area contributed by atoms with Crippen LogP contribution in [0.1, 0.15) is 38.9 Å². The molecule has 18 heavy (non-hydrogen) atoms. The van der Waals surface area contributed by atoms with E-state index in [4.69, 9.17) is 9.47 Å². The van der Waals surface area contributed by atoms with E-state index in [1.54, 1.807) is 6.92 Å². The predicted octanol–water partition coefficient (Wildman–Crippen LogP) is 2.63. The minimum absolute atomic E-state index is 0.299. The van der Waals surface area contributed by atoms with Crippen LogP contribution < -0.4 is 0 Å². The maximum atomic E-state index is 11.1. The van der Waals surface area contributed by atoms with Gasteiger partial charge in [0, 0.05) is 20.3 Å². The molecule has 0 aromatic heterocycles. The van der Waals surface area contributed by atoms with Crippen molar-refractivity contribution in [1.82, 2.24) is 0 Å². The molecule has 0 bridgehead atoms. The van der Waals surface area contributed by atoms with Gasteiger partial charge >= 0.3 is 11.9 Å². The first-order valence-corrected chi connectivity index (χ1v) is 5.88. The van der Waals surface area contributed by atoms with Gasteiger partial charge in [-0.3, -0.25) is 9.59 Å². The summed E-state index contributed by atoms with van der Waals surface area (Å²) >= 11 is 0. The summed E-state index contributed by atoms with van der Waals surface area (Å²) in [5.41, 5.74) is 0.895. The Morgan fingerprint density at radius 3 is 2.11 bits per heavy atom. The fraction of sp³-hybridized carbons (Fsp3) is 0.429. The van der Waals surface area contributed by atoms with Gasteiger partial charge in [0.05, 0.1) is 0 Å². The van der Waals surface area contributed by atoms with Crippen molar-refractivity contribution < 1.29 is 19.1 Å². The number of rotatable bonds is 5. The van der Waals surface area contributed by atoms with E-state index in [9.17, 15) is 9.59 Å². The van der Waals surface area contributed by atoms with Crippen LogP contribution in [-0.4, -0.2) is 18.0 Å². The van der Waals surface area contributed by atoms with Crippen LogP contribution >= 0.6 is 0 Å². The Morgan fingerprint density at radius 1 is 1.06 bits per heavy atom. The van der Waals surface area contributed by atoms with Gasteiger partial charge in [0.1, 0.15) is 12.2 Å². The number of carbonyl (C=O) groups is 2. The SMILES string of the molecule is CC(=O)O[C@@H](C)C[C@@H](OC(C)=O)c1ccccc1. The molecular formula is C14H18O4. The predicted molar refractivity (Wildman–Crippen MR) is 66.8 cm³/mol. The van der Waals surface area contributed by atoms with E-state index in [0.29, 0.717) is 6.42 Å². The maximum absolute atomic E-state index is 11.1. The fourth-order valence-corrected chi connectivity index (χ4v) is 1.75. The normalized spacial score (nSPS) is 13.5. The molecule has 4 heteroatoms. The summed E-state index contributed by atoms with van der Waals surface area (Å²) in [5, 5.41) is 0. The highest BCUT2D eigenvalue weighted by Crippen LogP contribution is 2.23. The number of ether oxygens (including phenoxy) is 2. The fourth-order valence-electron chi connectivity index (χ4n) is 1.75. The molecule has 0 heterocycles. The van der Waals surface area contributed by atoms with Gasteiger partial charge < -0.3 is 9.47 Å². The Labute approximate surface area is 107 Å². The van der Waals surface area contributed by atoms with E-state index in [2.05, 4.69) is 0 Å². The second kappa shape index (κ2) is 6.79. The molecule has 0 N–H and O–H groups in total. The molecule has 0 spiro atoms. The Balaban J connectivity index is 2.73. The standard InChI is InChI=1S/C14H18O4/c1-10(17-11(2)15)9-14(18-12(3)16)13-7-5-4-6-8-13/h4-8,10,14H,9H2,1-3H3/t10-,14+/m0/s1. The molecule has 1 rings (SSSR count). The van der Waals surface area contributed by atoms with Crippen molar-refractivity contribution in [2.45, 2.75) is 39.4 Å². The van der Waals surface area contributed by atoms with E-state index in [0.717, 1.165) is 5.56 Å². The lowest BCUT2D eigenvalue weighted by atomic mass is 10.0. The Morgan fingerprint density at radius 2 is 1.61 bits per heavy atom. The van der Waals surface area contributed by atoms with Gasteiger partial charge in [0.2, 0.25) is 0 Å². The van der Waals surface area contributed by atoms with Gasteiger partial charge in [-0.05, 0) is 12.5 Å². The van der Waals surface area contributed by atoms with Crippen molar-refractivity contribution >= 4 is 11.9 Å². The summed E-state index contributed by atoms with van der Waals surface area (Å²) in [7, 11) is 0. The summed E-state index contributed by atoms with van der Waals surface area (Å²) in [5.74, 6) is -0.684. The molecule has 98 valence electrons. The van der Waals surface area contributed by atoms with Gasteiger partial charge in [-0.25, -0.2) is 0 Å². The zero-order valence-corrected chi connectivity index (χ0v) is 10.9. The van der Waals surface area contributed by atoms with Gasteiger partial charge in [-0.1, -0.05) is 30.3 Å². The Kier molecular flexibility index (Phi) is 5.36. The Bertz CT molecular complexity index is 400. The van der Waals surface area contributed by atoms with Crippen LogP contribution in [0.15, 0.2) is 30.3 Å². The summed E-state index contributed by atoms with van der Waals surface area (Å²) in [6.07, 6.45) is -0.242. The highest BCUT2D eigenvalue weighted by Gasteiger charge is 2.19. The molecule has 4 nitrogen and oxygen atoms in total. The minimum atomic E-state index is -0.391. The molecule has 0 saturated heterocycles. The molecule has 2 atom stereocenters. The van der Waals surface area contributed by atoms with Crippen molar-refractivity contribution in [3.8, 4) is 0 Å². The number of hydrogen-bond acceptors (Lipinski definition) is 4. The van der Waals surface area contributed by atoms with E-state index in [-0.39, 0.29) is 18.0 Å². The number of hydrogen-bond donors (Lipinski definition) is 0. The molecule has 1 aromatic carbocycles. The van der Waals surface area contributed by atoms with Crippen molar-refractivity contribution in [2.24, 2.45) is 0 Å². The first-order valence-electron chi connectivity index (χ1n) is 5.88. The molecule has 0 aliphatic heterocycles. The van der Waals surface area contributed by atoms with Crippen LogP contribution in [0.5, 0.6) is 0 Å². The monoisotopic (exact) mass is 250 g/mol. The minimum Gasteiger partial charge on any atom is -0.463 e. The van der Waals surface area contributed by atoms with Gasteiger partial charge in [0.25, 0.3) is 0 Å². The third-order valence-electron chi connectivity index (χ3n) is 2.39. The summed E-state index contributed by atoms with van der Waals surface area (Å²) in [4.78, 5) is 22.0. The average Bonchev–Trinajstić information content (AvgIpc) is 2.27. The highest BCUT2D eigenvalue weighted by molar-refractivity contribution is 5.66. The van der Waals surface area contributed by atoms with E-state index in [1.165, 1.54) is 13.8 Å². The molecule has 0 radical (unpaired) electrons. The first kappa shape index (κ1) is 14.2. The summed E-state index contributed by atoms with van der Waals surface area (Å²) in [6, 6.07) is 9.41. The van der Waals surface area contributed by atoms with Gasteiger partial charge in [-0.2, -0.15) is 0 Å². The van der Waals surface area contributed by atoms with Crippen molar-refractivity contribution in [3.63, 3.8) is 0 Å². The van der Waals surface area contributed by atoms with Crippen LogP contribution in [-0.2, 0) is 19.1 Å². The summed E-state index contributed by atoms with van der Waals surface area (Å²) < 4.78 is 10.3. The zero-order valence-electron chi connectivity index (χ0n) is 10.9. The maximum Gasteiger partial charge on any atom is 0.303 e. The van der Waals surface area contributed by atoms with Crippen LogP contribution in [0.2, 0.25) is 0 Å². The van der Waals surface area contributed by atoms with Crippen LogP contribution in [0.25, 0.3) is 0 Å². The van der Waals surface area contributed by atoms with Crippen molar-refractivity contribution in [3.05, 3.63) is 35.9 Å². The van der Waals surface area contributed by atoms with Crippen LogP contribution in [0, 0.1) is 0 Å². The molecule has 1 aromatic rings. The molecule has 0 amide bonds. The smallest absolute Gasteiger partial charge is 0.303 e. The quantitative estimate of drug-likeness (QED) is 0.754. The topological polar surface area (TPSA) is 52.6 Å². The van der Waals surface area contributed by atoms with Crippen molar-refractivity contribution in [2.75, 3.05) is 0 Å². The Hall–Kier alpha value is -1.84. The van der Waals surface area contributed by atoms with E-state index < -0.39 is 6.10 Å². The van der Waals surface area contributed by atoms with Gasteiger partial charge in [0.15, 0.2) is 0 Å². The molecule has 0 saturated carbocycles. The lowest BCUT2D eigenvalue weighted by Crippen LogP contribution is -2.19.